The zero-order valence-corrected chi connectivity index (χ0v) is 17.7. The first-order chi connectivity index (χ1) is 14.3. The van der Waals surface area contributed by atoms with Crippen molar-refractivity contribution < 1.29 is 13.3 Å². The Labute approximate surface area is 176 Å². The van der Waals surface area contributed by atoms with Crippen molar-refractivity contribution in [2.75, 3.05) is 6.54 Å². The van der Waals surface area contributed by atoms with Gasteiger partial charge in [-0.25, -0.2) is 8.42 Å². The van der Waals surface area contributed by atoms with Crippen LogP contribution in [0.2, 0.25) is 0 Å². The number of nitro groups is 1. The van der Waals surface area contributed by atoms with E-state index in [1.807, 2.05) is 48.9 Å². The Morgan fingerprint density at radius 1 is 1.13 bits per heavy atom. The van der Waals surface area contributed by atoms with Crippen LogP contribution in [0.25, 0.3) is 0 Å². The number of hydrogen-bond donors (Lipinski definition) is 0. The molecule has 8 nitrogen and oxygen atoms in total. The van der Waals surface area contributed by atoms with E-state index in [9.17, 15) is 18.5 Å². The van der Waals surface area contributed by atoms with E-state index in [2.05, 4.69) is 5.10 Å². The first-order valence-electron chi connectivity index (χ1n) is 9.62. The SMILES string of the molecule is CCn1ncc(CN(CCc2ccccc2)S(=O)(=O)c2cccc([N+](=O)[O-])c2)c1C. The molecule has 0 spiro atoms. The van der Waals surface area contributed by atoms with E-state index >= 15 is 0 Å². The van der Waals surface area contributed by atoms with Crippen LogP contribution in [0.1, 0.15) is 23.7 Å². The van der Waals surface area contributed by atoms with Crippen LogP contribution < -0.4 is 0 Å². The lowest BCUT2D eigenvalue weighted by Crippen LogP contribution is -2.32. The molecule has 1 aromatic heterocycles. The number of nitrogens with zero attached hydrogens (tertiary/aromatic N) is 4. The fourth-order valence-corrected chi connectivity index (χ4v) is 4.70. The summed E-state index contributed by atoms with van der Waals surface area (Å²) in [7, 11) is -3.95. The largest absolute Gasteiger partial charge is 0.270 e. The normalized spacial score (nSPS) is 11.7. The Morgan fingerprint density at radius 2 is 1.87 bits per heavy atom. The van der Waals surface area contributed by atoms with Gasteiger partial charge in [0.25, 0.3) is 5.69 Å². The quantitative estimate of drug-likeness (QED) is 0.383. The van der Waals surface area contributed by atoms with E-state index in [0.29, 0.717) is 13.0 Å². The number of aryl methyl sites for hydroxylation is 1. The third kappa shape index (κ3) is 4.74. The van der Waals surface area contributed by atoms with E-state index in [4.69, 9.17) is 0 Å². The Morgan fingerprint density at radius 3 is 2.50 bits per heavy atom. The van der Waals surface area contributed by atoms with Gasteiger partial charge in [-0.1, -0.05) is 36.4 Å². The highest BCUT2D eigenvalue weighted by atomic mass is 32.2. The Bertz CT molecular complexity index is 1130. The van der Waals surface area contributed by atoms with Gasteiger partial charge in [0.05, 0.1) is 16.0 Å². The third-order valence-electron chi connectivity index (χ3n) is 5.01. The average molecular weight is 429 g/mol. The fourth-order valence-electron chi connectivity index (χ4n) is 3.24. The van der Waals surface area contributed by atoms with E-state index in [1.165, 1.54) is 22.5 Å². The van der Waals surface area contributed by atoms with Gasteiger partial charge in [-0.3, -0.25) is 14.8 Å². The first kappa shape index (κ1) is 21.7. The first-order valence-corrected chi connectivity index (χ1v) is 11.1. The average Bonchev–Trinajstić information content (AvgIpc) is 3.11. The molecule has 3 rings (SSSR count). The highest BCUT2D eigenvalue weighted by molar-refractivity contribution is 7.89. The van der Waals surface area contributed by atoms with Gasteiger partial charge in [0, 0.05) is 43.0 Å². The van der Waals surface area contributed by atoms with E-state index < -0.39 is 14.9 Å². The molecule has 0 atom stereocenters. The third-order valence-corrected chi connectivity index (χ3v) is 6.85. The second-order valence-corrected chi connectivity index (χ2v) is 8.84. The number of rotatable bonds is 9. The zero-order valence-electron chi connectivity index (χ0n) is 16.9. The van der Waals surface area contributed by atoms with Gasteiger partial charge in [-0.15, -0.1) is 0 Å². The molecular weight excluding hydrogens is 404 g/mol. The van der Waals surface area contributed by atoms with Crippen LogP contribution in [0, 0.1) is 17.0 Å². The van der Waals surface area contributed by atoms with Crippen LogP contribution in [0.15, 0.2) is 65.7 Å². The standard InChI is InChI=1S/C21H24N4O4S/c1-3-24-17(2)19(15-22-24)16-23(13-12-18-8-5-4-6-9-18)30(28,29)21-11-7-10-20(14-21)25(26)27/h4-11,14-15H,3,12-13,16H2,1-2H3. The lowest BCUT2D eigenvalue weighted by molar-refractivity contribution is -0.385. The molecule has 0 radical (unpaired) electrons. The predicted molar refractivity (Wildman–Crippen MR) is 113 cm³/mol. The summed E-state index contributed by atoms with van der Waals surface area (Å²) in [6.07, 6.45) is 2.20. The number of sulfonamides is 1. The molecule has 0 unspecified atom stereocenters. The minimum absolute atomic E-state index is 0.0923. The minimum atomic E-state index is -3.95. The van der Waals surface area contributed by atoms with Crippen molar-refractivity contribution in [3.05, 3.63) is 87.7 Å². The van der Waals surface area contributed by atoms with Gasteiger partial charge < -0.3 is 0 Å². The van der Waals surface area contributed by atoms with Crippen molar-refractivity contribution in [3.8, 4) is 0 Å². The second kappa shape index (κ2) is 9.19. The monoisotopic (exact) mass is 428 g/mol. The number of benzene rings is 2. The number of nitro benzene ring substituents is 1. The molecule has 0 fully saturated rings. The van der Waals surface area contributed by atoms with Gasteiger partial charge in [0.15, 0.2) is 0 Å². The molecule has 0 amide bonds. The minimum Gasteiger partial charge on any atom is -0.270 e. The summed E-state index contributed by atoms with van der Waals surface area (Å²) in [6.45, 7) is 4.95. The summed E-state index contributed by atoms with van der Waals surface area (Å²) in [5, 5.41) is 15.4. The molecule has 1 heterocycles. The molecule has 0 saturated carbocycles. The van der Waals surface area contributed by atoms with E-state index in [-0.39, 0.29) is 23.7 Å². The van der Waals surface area contributed by atoms with E-state index in [1.54, 1.807) is 6.20 Å². The molecule has 158 valence electrons. The highest BCUT2D eigenvalue weighted by Crippen LogP contribution is 2.24. The summed E-state index contributed by atoms with van der Waals surface area (Å²) in [4.78, 5) is 10.4. The van der Waals surface area contributed by atoms with Gasteiger partial charge in [0.2, 0.25) is 10.0 Å². The molecule has 0 aliphatic rings. The number of aromatic nitrogens is 2. The van der Waals surface area contributed by atoms with Crippen molar-refractivity contribution in [2.45, 2.75) is 38.3 Å². The fraction of sp³-hybridized carbons (Fsp3) is 0.286. The maximum atomic E-state index is 13.4. The molecule has 0 N–H and O–H groups in total. The van der Waals surface area contributed by atoms with E-state index in [0.717, 1.165) is 22.9 Å². The Kier molecular flexibility index (Phi) is 6.63. The summed E-state index contributed by atoms with van der Waals surface area (Å²) in [6, 6.07) is 14.8. The smallest absolute Gasteiger partial charge is 0.270 e. The molecule has 3 aromatic rings. The lowest BCUT2D eigenvalue weighted by Gasteiger charge is -2.22. The molecule has 9 heteroatoms. The van der Waals surface area contributed by atoms with Gasteiger partial charge >= 0.3 is 0 Å². The molecule has 0 aliphatic carbocycles. The van der Waals surface area contributed by atoms with Gasteiger partial charge in [0.1, 0.15) is 0 Å². The number of hydrogen-bond acceptors (Lipinski definition) is 5. The molecule has 0 bridgehead atoms. The van der Waals surface area contributed by atoms with Crippen LogP contribution in [0.3, 0.4) is 0 Å². The number of non-ortho nitro benzene ring substituents is 1. The Balaban J connectivity index is 1.95. The van der Waals surface area contributed by atoms with Gasteiger partial charge in [-0.05, 0) is 31.9 Å². The Hall–Kier alpha value is -3.04. The second-order valence-electron chi connectivity index (χ2n) is 6.90. The van der Waals surface area contributed by atoms with Crippen molar-refractivity contribution in [1.29, 1.82) is 0 Å². The topological polar surface area (TPSA) is 98.3 Å². The van der Waals surface area contributed by atoms with Crippen molar-refractivity contribution in [2.24, 2.45) is 0 Å². The molecule has 2 aromatic carbocycles. The van der Waals surface area contributed by atoms with Crippen LogP contribution in [-0.2, 0) is 29.5 Å². The van der Waals surface area contributed by atoms with Crippen LogP contribution in [-0.4, -0.2) is 34.0 Å². The highest BCUT2D eigenvalue weighted by Gasteiger charge is 2.27. The van der Waals surface area contributed by atoms with Crippen LogP contribution in [0.5, 0.6) is 0 Å². The molecular formula is C21H24N4O4S. The van der Waals surface area contributed by atoms with Crippen LogP contribution in [0.4, 0.5) is 5.69 Å². The summed E-state index contributed by atoms with van der Waals surface area (Å²) < 4.78 is 30.0. The summed E-state index contributed by atoms with van der Waals surface area (Å²) in [5.74, 6) is 0. The molecule has 0 aliphatic heterocycles. The van der Waals surface area contributed by atoms with Crippen molar-refractivity contribution in [1.82, 2.24) is 14.1 Å². The van der Waals surface area contributed by atoms with Crippen molar-refractivity contribution in [3.63, 3.8) is 0 Å². The van der Waals surface area contributed by atoms with Crippen LogP contribution >= 0.6 is 0 Å². The maximum absolute atomic E-state index is 13.4. The van der Waals surface area contributed by atoms with Gasteiger partial charge in [-0.2, -0.15) is 9.40 Å². The zero-order chi connectivity index (χ0) is 21.7. The summed E-state index contributed by atoms with van der Waals surface area (Å²) >= 11 is 0. The predicted octanol–water partition coefficient (Wildman–Crippen LogP) is 3.55. The van der Waals surface area contributed by atoms with Crippen molar-refractivity contribution >= 4 is 15.7 Å². The molecule has 30 heavy (non-hydrogen) atoms. The summed E-state index contributed by atoms with van der Waals surface area (Å²) in [5.41, 5.74) is 2.46. The lowest BCUT2D eigenvalue weighted by atomic mass is 10.1. The molecule has 0 saturated heterocycles. The maximum Gasteiger partial charge on any atom is 0.270 e.